The second-order valence-electron chi connectivity index (χ2n) is 13.6. The first-order valence-electron chi connectivity index (χ1n) is 16.6. The minimum atomic E-state index is -0.842. The molecular formula is C36H44F2N4O6. The number of aromatic nitrogens is 1. The molecule has 5 rings (SSSR count). The van der Waals surface area contributed by atoms with E-state index in [0.29, 0.717) is 60.9 Å². The number of hydrogen-bond acceptors (Lipinski definition) is 6. The van der Waals surface area contributed by atoms with E-state index in [9.17, 15) is 28.0 Å². The van der Waals surface area contributed by atoms with E-state index in [0.717, 1.165) is 5.56 Å². The van der Waals surface area contributed by atoms with E-state index >= 15 is 0 Å². The molecule has 2 fully saturated rings. The fraction of sp³-hybridized carbons (Fsp3) is 0.500. The van der Waals surface area contributed by atoms with Gasteiger partial charge in [-0.05, 0) is 108 Å². The molecule has 3 N–H and O–H groups in total. The molecule has 1 saturated heterocycles. The molecule has 12 heteroatoms. The third-order valence-electron chi connectivity index (χ3n) is 9.19. The number of nitrogens with one attached hydrogen (secondary N) is 3. The van der Waals surface area contributed by atoms with Crippen LogP contribution in [0, 0.1) is 17.7 Å². The third kappa shape index (κ3) is 8.14. The maximum Gasteiger partial charge on any atom is 0.407 e. The Hall–Kier alpha value is -4.48. The number of ether oxygens (including phenoxy) is 2. The molecule has 3 amide bonds. The van der Waals surface area contributed by atoms with Gasteiger partial charge in [-0.1, -0.05) is 12.1 Å². The average molecular weight is 667 g/mol. The number of esters is 1. The minimum Gasteiger partial charge on any atom is -0.461 e. The molecule has 0 radical (unpaired) electrons. The van der Waals surface area contributed by atoms with Gasteiger partial charge < -0.3 is 30.0 Å². The molecule has 1 aliphatic heterocycles. The van der Waals surface area contributed by atoms with E-state index < -0.39 is 42.2 Å². The number of likely N-dealkylation sites (tertiary alicyclic amines) is 1. The van der Waals surface area contributed by atoms with Crippen molar-refractivity contribution in [2.75, 3.05) is 25.1 Å². The topological polar surface area (TPSA) is 130 Å². The zero-order chi connectivity index (χ0) is 34.6. The summed E-state index contributed by atoms with van der Waals surface area (Å²) in [6.07, 6.45) is 1.92. The van der Waals surface area contributed by atoms with Gasteiger partial charge in [-0.15, -0.1) is 0 Å². The van der Waals surface area contributed by atoms with E-state index in [1.165, 1.54) is 12.1 Å². The number of anilines is 1. The molecule has 10 nitrogen and oxygen atoms in total. The SMILES string of the molecule is CCOC(=O)c1cc2cc(NC(=O)[C@@H]3[C@H](c4ccc(F)cc4)CCN3C(=O)[C@H]3CC[C@H](C(CF)NC(=O)OC(C)(C)C)CC3)ccc2[nH]1. The van der Waals surface area contributed by atoms with Gasteiger partial charge in [-0.2, -0.15) is 0 Å². The van der Waals surface area contributed by atoms with Crippen LogP contribution in [0.15, 0.2) is 48.5 Å². The van der Waals surface area contributed by atoms with Crippen LogP contribution in [-0.4, -0.2) is 71.3 Å². The molecule has 1 saturated carbocycles. The lowest BCUT2D eigenvalue weighted by Gasteiger charge is -2.36. The number of benzene rings is 2. The van der Waals surface area contributed by atoms with Crippen molar-refractivity contribution < 1.29 is 37.4 Å². The Morgan fingerprint density at radius 1 is 1.00 bits per heavy atom. The number of fused-ring (bicyclic) bond motifs is 1. The summed E-state index contributed by atoms with van der Waals surface area (Å²) in [5.74, 6) is -2.25. The Morgan fingerprint density at radius 3 is 2.35 bits per heavy atom. The van der Waals surface area contributed by atoms with Crippen LogP contribution in [0.2, 0.25) is 0 Å². The molecule has 48 heavy (non-hydrogen) atoms. The predicted molar refractivity (Wildman–Crippen MR) is 177 cm³/mol. The van der Waals surface area contributed by atoms with Gasteiger partial charge >= 0.3 is 12.1 Å². The monoisotopic (exact) mass is 666 g/mol. The van der Waals surface area contributed by atoms with Crippen LogP contribution >= 0.6 is 0 Å². The second kappa shape index (κ2) is 14.7. The van der Waals surface area contributed by atoms with Crippen molar-refractivity contribution in [3.8, 4) is 0 Å². The van der Waals surface area contributed by atoms with Crippen LogP contribution in [0.1, 0.15) is 81.8 Å². The van der Waals surface area contributed by atoms with Crippen molar-refractivity contribution in [1.29, 1.82) is 0 Å². The van der Waals surface area contributed by atoms with Crippen molar-refractivity contribution in [2.24, 2.45) is 11.8 Å². The Kier molecular flexibility index (Phi) is 10.7. The standard InChI is InChI=1S/C36H44F2N4O6/c1-5-47-34(45)29-19-24-18-26(14-15-28(24)40-29)39-32(43)31-27(21-10-12-25(38)13-11-21)16-17-42(31)33(44)23-8-6-22(7-9-23)30(20-37)41-35(46)48-36(2,3)4/h10-15,18-19,22-23,27,30-31,40H,5-9,16-17,20H2,1-4H3,(H,39,43)(H,41,46)/t22-,23-,27-,30?,31-/m0/s1. The molecular weight excluding hydrogens is 622 g/mol. The molecule has 2 heterocycles. The van der Waals surface area contributed by atoms with Crippen molar-refractivity contribution in [3.63, 3.8) is 0 Å². The van der Waals surface area contributed by atoms with Gasteiger partial charge in [-0.25, -0.2) is 18.4 Å². The largest absolute Gasteiger partial charge is 0.461 e. The number of carbonyl (C=O) groups excluding carboxylic acids is 4. The Balaban J connectivity index is 1.30. The van der Waals surface area contributed by atoms with Gasteiger partial charge in [0, 0.05) is 35.0 Å². The lowest BCUT2D eigenvalue weighted by atomic mass is 9.78. The van der Waals surface area contributed by atoms with E-state index in [1.54, 1.807) is 69.0 Å². The first-order chi connectivity index (χ1) is 22.9. The molecule has 1 aromatic heterocycles. The van der Waals surface area contributed by atoms with Crippen molar-refractivity contribution in [2.45, 2.75) is 83.4 Å². The number of alkyl carbamates (subject to hydrolysis) is 1. The van der Waals surface area contributed by atoms with E-state index in [-0.39, 0.29) is 36.2 Å². The number of hydrogen-bond donors (Lipinski definition) is 3. The summed E-state index contributed by atoms with van der Waals surface area (Å²) in [5, 5.41) is 6.33. The molecule has 2 aliphatic rings. The summed E-state index contributed by atoms with van der Waals surface area (Å²) in [7, 11) is 0. The molecule has 0 spiro atoms. The van der Waals surface area contributed by atoms with Crippen molar-refractivity contribution >= 4 is 40.5 Å². The number of H-pyrrole nitrogens is 1. The lowest BCUT2D eigenvalue weighted by Crippen LogP contribution is -2.49. The van der Waals surface area contributed by atoms with Gasteiger partial charge in [0.15, 0.2) is 0 Å². The van der Waals surface area contributed by atoms with Crippen molar-refractivity contribution in [1.82, 2.24) is 15.2 Å². The van der Waals surface area contributed by atoms with Crippen LogP contribution in [0.4, 0.5) is 19.3 Å². The maximum atomic E-state index is 14.0. The fourth-order valence-corrected chi connectivity index (χ4v) is 6.91. The number of aromatic amines is 1. The summed E-state index contributed by atoms with van der Waals surface area (Å²) >= 11 is 0. The summed E-state index contributed by atoms with van der Waals surface area (Å²) in [4.78, 5) is 57.2. The summed E-state index contributed by atoms with van der Waals surface area (Å²) in [6, 6.07) is 11.3. The average Bonchev–Trinajstić information content (AvgIpc) is 3.68. The predicted octanol–water partition coefficient (Wildman–Crippen LogP) is 6.48. The number of amides is 3. The number of halogens is 2. The Morgan fingerprint density at radius 2 is 1.71 bits per heavy atom. The number of rotatable bonds is 9. The highest BCUT2D eigenvalue weighted by molar-refractivity contribution is 6.01. The summed E-state index contributed by atoms with van der Waals surface area (Å²) in [6.45, 7) is 6.80. The smallest absolute Gasteiger partial charge is 0.407 e. The minimum absolute atomic E-state index is 0.143. The van der Waals surface area contributed by atoms with Crippen molar-refractivity contribution in [3.05, 3.63) is 65.6 Å². The normalized spacial score (nSPS) is 21.8. The second-order valence-corrected chi connectivity index (χ2v) is 13.6. The van der Waals surface area contributed by atoms with Gasteiger partial charge in [-0.3, -0.25) is 9.59 Å². The number of carbonyl (C=O) groups is 4. The molecule has 2 aromatic carbocycles. The lowest BCUT2D eigenvalue weighted by molar-refractivity contribution is -0.141. The highest BCUT2D eigenvalue weighted by Gasteiger charge is 2.45. The van der Waals surface area contributed by atoms with Gasteiger partial charge in [0.25, 0.3) is 0 Å². The van der Waals surface area contributed by atoms with Crippen LogP contribution in [-0.2, 0) is 19.1 Å². The molecule has 258 valence electrons. The Labute approximate surface area is 278 Å². The first-order valence-corrected chi connectivity index (χ1v) is 16.6. The third-order valence-corrected chi connectivity index (χ3v) is 9.19. The van der Waals surface area contributed by atoms with Gasteiger partial charge in [0.2, 0.25) is 11.8 Å². The molecule has 1 aliphatic carbocycles. The molecule has 1 unspecified atom stereocenters. The Bertz CT molecular complexity index is 1630. The zero-order valence-electron chi connectivity index (χ0n) is 27.8. The fourth-order valence-electron chi connectivity index (χ4n) is 6.91. The van der Waals surface area contributed by atoms with E-state index in [1.807, 2.05) is 0 Å². The van der Waals surface area contributed by atoms with Gasteiger partial charge in [0.1, 0.15) is 29.8 Å². The van der Waals surface area contributed by atoms with Crippen LogP contribution in [0.5, 0.6) is 0 Å². The molecule has 0 bridgehead atoms. The first kappa shape index (κ1) is 34.8. The van der Waals surface area contributed by atoms with Crippen LogP contribution < -0.4 is 10.6 Å². The van der Waals surface area contributed by atoms with Gasteiger partial charge in [0.05, 0.1) is 12.6 Å². The van der Waals surface area contributed by atoms with E-state index in [4.69, 9.17) is 9.47 Å². The molecule has 3 atom stereocenters. The number of alkyl halides is 1. The molecule has 3 aromatic rings. The highest BCUT2D eigenvalue weighted by atomic mass is 19.1. The van der Waals surface area contributed by atoms with Crippen LogP contribution in [0.25, 0.3) is 10.9 Å². The summed E-state index contributed by atoms with van der Waals surface area (Å²) in [5.41, 5.74) is 1.54. The zero-order valence-corrected chi connectivity index (χ0v) is 27.8. The van der Waals surface area contributed by atoms with E-state index in [2.05, 4.69) is 15.6 Å². The van der Waals surface area contributed by atoms with Crippen LogP contribution in [0.3, 0.4) is 0 Å². The highest BCUT2D eigenvalue weighted by Crippen LogP contribution is 2.39. The quantitative estimate of drug-likeness (QED) is 0.224. The maximum absolute atomic E-state index is 14.0. The number of nitrogens with zero attached hydrogens (tertiary/aromatic N) is 1. The summed E-state index contributed by atoms with van der Waals surface area (Å²) < 4.78 is 38.2.